The lowest BCUT2D eigenvalue weighted by Gasteiger charge is -2.14. The van der Waals surface area contributed by atoms with Crippen molar-refractivity contribution < 1.29 is 14.4 Å². The van der Waals surface area contributed by atoms with E-state index in [1.54, 1.807) is 42.5 Å². The maximum Gasteiger partial charge on any atom is 0.266 e. The second-order valence-corrected chi connectivity index (χ2v) is 7.61. The Labute approximate surface area is 165 Å². The first kappa shape index (κ1) is 18.0. The van der Waals surface area contributed by atoms with E-state index >= 15 is 0 Å². The van der Waals surface area contributed by atoms with Crippen LogP contribution in [0.3, 0.4) is 0 Å². The molecule has 2 heterocycles. The summed E-state index contributed by atoms with van der Waals surface area (Å²) < 4.78 is 0. The van der Waals surface area contributed by atoms with Gasteiger partial charge in [-0.2, -0.15) is 0 Å². The number of fused-ring (bicyclic) bond motifs is 1. The van der Waals surface area contributed by atoms with E-state index in [9.17, 15) is 14.4 Å². The van der Waals surface area contributed by atoms with Crippen LogP contribution in [-0.4, -0.2) is 27.9 Å². The summed E-state index contributed by atoms with van der Waals surface area (Å²) >= 11 is 1.31. The molecule has 3 amide bonds. The molecule has 0 radical (unpaired) electrons. The van der Waals surface area contributed by atoms with E-state index in [2.05, 4.69) is 15.5 Å². The molecule has 28 heavy (non-hydrogen) atoms. The highest BCUT2D eigenvalue weighted by Crippen LogP contribution is 2.29. The molecular weight excluding hydrogens is 376 g/mol. The number of imide groups is 1. The number of anilines is 2. The van der Waals surface area contributed by atoms with Crippen molar-refractivity contribution in [1.82, 2.24) is 10.2 Å². The summed E-state index contributed by atoms with van der Waals surface area (Å²) in [6.45, 7) is 4.00. The van der Waals surface area contributed by atoms with Crippen LogP contribution in [0.15, 0.2) is 48.5 Å². The first-order valence-electron chi connectivity index (χ1n) is 8.68. The fourth-order valence-corrected chi connectivity index (χ4v) is 3.64. The van der Waals surface area contributed by atoms with Crippen molar-refractivity contribution in [2.45, 2.75) is 19.8 Å². The molecule has 0 atom stereocenters. The summed E-state index contributed by atoms with van der Waals surface area (Å²) in [5, 5.41) is 12.0. The first-order chi connectivity index (χ1) is 13.5. The summed E-state index contributed by atoms with van der Waals surface area (Å²) in [6, 6.07) is 13.0. The molecule has 1 aromatic heterocycles. The van der Waals surface area contributed by atoms with Crippen LogP contribution in [0.4, 0.5) is 10.8 Å². The summed E-state index contributed by atoms with van der Waals surface area (Å²) in [6.07, 6.45) is 0. The first-order valence-corrected chi connectivity index (χ1v) is 9.50. The fourth-order valence-electron chi connectivity index (χ4n) is 2.90. The van der Waals surface area contributed by atoms with Crippen LogP contribution in [0.5, 0.6) is 0 Å². The lowest BCUT2D eigenvalue weighted by Crippen LogP contribution is -2.29. The lowest BCUT2D eigenvalue weighted by atomic mass is 10.1. The van der Waals surface area contributed by atoms with Gasteiger partial charge in [0.15, 0.2) is 0 Å². The maximum absolute atomic E-state index is 12.6. The van der Waals surface area contributed by atoms with Crippen LogP contribution >= 0.6 is 11.3 Å². The Morgan fingerprint density at radius 1 is 1.00 bits per heavy atom. The quantitative estimate of drug-likeness (QED) is 0.683. The molecule has 0 saturated carbocycles. The number of carbonyl (C=O) groups is 3. The van der Waals surface area contributed by atoms with Crippen LogP contribution in [0.1, 0.15) is 55.8 Å². The summed E-state index contributed by atoms with van der Waals surface area (Å²) in [5.74, 6) is -0.960. The SMILES string of the molecule is CC(C)c1nnc(NC(=O)c2cccc(N3C(=O)c4ccccc4C3=O)c2)s1. The molecule has 0 fully saturated rings. The monoisotopic (exact) mass is 392 g/mol. The van der Waals surface area contributed by atoms with E-state index in [1.165, 1.54) is 17.4 Å². The summed E-state index contributed by atoms with van der Waals surface area (Å²) in [5.41, 5.74) is 1.38. The third-order valence-electron chi connectivity index (χ3n) is 4.32. The van der Waals surface area contributed by atoms with Crippen LogP contribution in [0, 0.1) is 0 Å². The molecule has 8 heteroatoms. The largest absolute Gasteiger partial charge is 0.296 e. The molecule has 140 valence electrons. The molecule has 0 bridgehead atoms. The van der Waals surface area contributed by atoms with Crippen molar-refractivity contribution in [1.29, 1.82) is 0 Å². The fraction of sp³-hybridized carbons (Fsp3) is 0.150. The van der Waals surface area contributed by atoms with Crippen LogP contribution in [-0.2, 0) is 0 Å². The number of rotatable bonds is 4. The normalized spacial score (nSPS) is 13.2. The average Bonchev–Trinajstić information content (AvgIpc) is 3.26. The Morgan fingerprint density at radius 2 is 1.68 bits per heavy atom. The molecule has 0 aliphatic carbocycles. The minimum Gasteiger partial charge on any atom is -0.296 e. The minimum absolute atomic E-state index is 0.223. The van der Waals surface area contributed by atoms with Gasteiger partial charge < -0.3 is 0 Å². The maximum atomic E-state index is 12.6. The third-order valence-corrected chi connectivity index (χ3v) is 5.45. The van der Waals surface area contributed by atoms with Gasteiger partial charge in [-0.15, -0.1) is 10.2 Å². The molecule has 2 aromatic carbocycles. The minimum atomic E-state index is -0.399. The second-order valence-electron chi connectivity index (χ2n) is 6.60. The second kappa shape index (κ2) is 6.97. The predicted octanol–water partition coefficient (Wildman–Crippen LogP) is 3.71. The van der Waals surface area contributed by atoms with Crippen molar-refractivity contribution in [3.63, 3.8) is 0 Å². The number of carbonyl (C=O) groups excluding carboxylic acids is 3. The molecule has 3 aromatic rings. The van der Waals surface area contributed by atoms with Gasteiger partial charge in [0.2, 0.25) is 5.13 Å². The van der Waals surface area contributed by atoms with E-state index in [0.717, 1.165) is 9.91 Å². The van der Waals surface area contributed by atoms with Gasteiger partial charge in [0, 0.05) is 11.5 Å². The predicted molar refractivity (Wildman–Crippen MR) is 106 cm³/mol. The number of nitrogens with one attached hydrogen (secondary N) is 1. The van der Waals surface area contributed by atoms with Gasteiger partial charge >= 0.3 is 0 Å². The molecule has 0 unspecified atom stereocenters. The lowest BCUT2D eigenvalue weighted by molar-refractivity contribution is 0.0924. The number of hydrogen-bond donors (Lipinski definition) is 1. The zero-order valence-electron chi connectivity index (χ0n) is 15.2. The molecule has 0 saturated heterocycles. The van der Waals surface area contributed by atoms with Gasteiger partial charge in [-0.05, 0) is 30.3 Å². The van der Waals surface area contributed by atoms with E-state index in [1.807, 2.05) is 13.8 Å². The van der Waals surface area contributed by atoms with E-state index in [0.29, 0.717) is 27.5 Å². The molecule has 7 nitrogen and oxygen atoms in total. The summed E-state index contributed by atoms with van der Waals surface area (Å²) in [7, 11) is 0. The van der Waals surface area contributed by atoms with E-state index in [-0.39, 0.29) is 11.8 Å². The Morgan fingerprint density at radius 3 is 2.29 bits per heavy atom. The van der Waals surface area contributed by atoms with Crippen molar-refractivity contribution in [3.8, 4) is 0 Å². The van der Waals surface area contributed by atoms with Crippen LogP contribution in [0.2, 0.25) is 0 Å². The van der Waals surface area contributed by atoms with Crippen molar-refractivity contribution in [2.75, 3.05) is 10.2 Å². The molecule has 1 aliphatic rings. The Balaban J connectivity index is 1.59. The van der Waals surface area contributed by atoms with Gasteiger partial charge in [0.05, 0.1) is 16.8 Å². The van der Waals surface area contributed by atoms with Crippen molar-refractivity contribution in [2.24, 2.45) is 0 Å². The Kier molecular flexibility index (Phi) is 4.48. The van der Waals surface area contributed by atoms with Gasteiger partial charge in [-0.25, -0.2) is 4.90 Å². The molecule has 4 rings (SSSR count). The number of hydrogen-bond acceptors (Lipinski definition) is 6. The zero-order valence-corrected chi connectivity index (χ0v) is 16.0. The zero-order chi connectivity index (χ0) is 19.8. The van der Waals surface area contributed by atoms with Gasteiger partial charge in [-0.3, -0.25) is 19.7 Å². The highest BCUT2D eigenvalue weighted by molar-refractivity contribution is 7.15. The highest BCUT2D eigenvalue weighted by Gasteiger charge is 2.36. The number of amides is 3. The Bertz CT molecular complexity index is 1070. The van der Waals surface area contributed by atoms with Gasteiger partial charge in [0.1, 0.15) is 5.01 Å². The topological polar surface area (TPSA) is 92.3 Å². The number of nitrogens with zero attached hydrogens (tertiary/aromatic N) is 3. The average molecular weight is 392 g/mol. The standard InChI is InChI=1S/C20H16N4O3S/c1-11(2)17-22-23-20(28-17)21-16(25)12-6-5-7-13(10-12)24-18(26)14-8-3-4-9-15(14)19(24)27/h3-11H,1-2H3,(H,21,23,25). The highest BCUT2D eigenvalue weighted by atomic mass is 32.1. The molecule has 0 spiro atoms. The number of aromatic nitrogens is 2. The molecular formula is C20H16N4O3S. The Hall–Kier alpha value is -3.39. The van der Waals surface area contributed by atoms with Crippen molar-refractivity contribution >= 4 is 39.9 Å². The summed E-state index contributed by atoms with van der Waals surface area (Å²) in [4.78, 5) is 38.9. The molecule has 1 aliphatic heterocycles. The van der Waals surface area contributed by atoms with Crippen LogP contribution < -0.4 is 10.2 Å². The van der Waals surface area contributed by atoms with Crippen LogP contribution in [0.25, 0.3) is 0 Å². The van der Waals surface area contributed by atoms with E-state index < -0.39 is 11.8 Å². The molecule has 1 N–H and O–H groups in total. The third kappa shape index (κ3) is 3.07. The number of benzene rings is 2. The van der Waals surface area contributed by atoms with Gasteiger partial charge in [-0.1, -0.05) is 43.4 Å². The smallest absolute Gasteiger partial charge is 0.266 e. The van der Waals surface area contributed by atoms with E-state index in [4.69, 9.17) is 0 Å². The van der Waals surface area contributed by atoms with Crippen molar-refractivity contribution in [3.05, 3.63) is 70.2 Å². The van der Waals surface area contributed by atoms with Gasteiger partial charge in [0.25, 0.3) is 17.7 Å².